The maximum Gasteiger partial charge on any atom is 0.312 e. The number of esters is 1. The largest absolute Gasteiger partial charge is 0.466 e. The summed E-state index contributed by atoms with van der Waals surface area (Å²) in [6.07, 6.45) is -1.10. The van der Waals surface area contributed by atoms with Crippen LogP contribution >= 0.6 is 0 Å². The van der Waals surface area contributed by atoms with E-state index < -0.39 is 18.0 Å². The number of anilines is 1. The zero-order valence-corrected chi connectivity index (χ0v) is 10.1. The minimum Gasteiger partial charge on any atom is -0.466 e. The fourth-order valence-electron chi connectivity index (χ4n) is 2.06. The highest BCUT2D eigenvalue weighted by Gasteiger charge is 2.35. The first-order chi connectivity index (χ1) is 8.63. The van der Waals surface area contributed by atoms with Gasteiger partial charge in [-0.05, 0) is 13.0 Å². The quantitative estimate of drug-likeness (QED) is 0.773. The average Bonchev–Trinajstić information content (AvgIpc) is 2.47. The van der Waals surface area contributed by atoms with Gasteiger partial charge in [0, 0.05) is 17.7 Å². The lowest BCUT2D eigenvalue weighted by Gasteiger charge is -2.18. The predicted octanol–water partition coefficient (Wildman–Crippen LogP) is 1.24. The molecule has 96 valence electrons. The van der Waals surface area contributed by atoms with Gasteiger partial charge in [0.25, 0.3) is 0 Å². The number of aliphatic hydroxyl groups excluding tert-OH is 1. The molecule has 0 bridgehead atoms. The molecule has 2 rings (SSSR count). The van der Waals surface area contributed by atoms with Crippen LogP contribution in [0.4, 0.5) is 5.69 Å². The van der Waals surface area contributed by atoms with Crippen LogP contribution in [0.25, 0.3) is 0 Å². The predicted molar refractivity (Wildman–Crippen MR) is 64.8 cm³/mol. The molecule has 0 saturated carbocycles. The topological polar surface area (TPSA) is 75.6 Å². The molecule has 1 heterocycles. The van der Waals surface area contributed by atoms with Gasteiger partial charge in [0.1, 0.15) is 0 Å². The van der Waals surface area contributed by atoms with Gasteiger partial charge in [-0.15, -0.1) is 0 Å². The van der Waals surface area contributed by atoms with Crippen LogP contribution < -0.4 is 5.32 Å². The van der Waals surface area contributed by atoms with E-state index in [-0.39, 0.29) is 18.9 Å². The monoisotopic (exact) mass is 249 g/mol. The van der Waals surface area contributed by atoms with Gasteiger partial charge in [-0.3, -0.25) is 9.59 Å². The van der Waals surface area contributed by atoms with Crippen molar-refractivity contribution in [3.05, 3.63) is 29.8 Å². The lowest BCUT2D eigenvalue weighted by Crippen LogP contribution is -2.26. The van der Waals surface area contributed by atoms with E-state index in [9.17, 15) is 14.7 Å². The van der Waals surface area contributed by atoms with Gasteiger partial charge in [-0.1, -0.05) is 18.2 Å². The Morgan fingerprint density at radius 1 is 1.50 bits per heavy atom. The summed E-state index contributed by atoms with van der Waals surface area (Å²) in [6.45, 7) is 1.92. The molecule has 0 radical (unpaired) electrons. The number of amides is 1. The molecule has 0 aromatic heterocycles. The first-order valence-corrected chi connectivity index (χ1v) is 5.87. The third kappa shape index (κ3) is 2.36. The van der Waals surface area contributed by atoms with E-state index in [4.69, 9.17) is 4.74 Å². The van der Waals surface area contributed by atoms with E-state index in [1.54, 1.807) is 31.2 Å². The van der Waals surface area contributed by atoms with Gasteiger partial charge >= 0.3 is 5.97 Å². The summed E-state index contributed by atoms with van der Waals surface area (Å²) >= 11 is 0. The maximum absolute atomic E-state index is 11.8. The number of carbonyl (C=O) groups excluding carboxylic acids is 2. The van der Waals surface area contributed by atoms with Crippen molar-refractivity contribution >= 4 is 17.6 Å². The van der Waals surface area contributed by atoms with Crippen LogP contribution in [0.3, 0.4) is 0 Å². The summed E-state index contributed by atoms with van der Waals surface area (Å²) in [4.78, 5) is 23.4. The summed E-state index contributed by atoms with van der Waals surface area (Å²) in [5.74, 6) is -1.69. The summed E-state index contributed by atoms with van der Waals surface area (Å²) in [7, 11) is 0. The molecule has 0 fully saturated rings. The van der Waals surface area contributed by atoms with Crippen LogP contribution in [0, 0.1) is 5.92 Å². The lowest BCUT2D eigenvalue weighted by molar-refractivity contribution is -0.153. The average molecular weight is 249 g/mol. The standard InChI is InChI=1S/C13H15NO4/c1-2-18-13(17)9-7-11(15)14-10-6-4-3-5-8(10)12(9)16/h3-6,9,12,16H,2,7H2,1H3,(H,14,15). The van der Waals surface area contributed by atoms with Crippen molar-refractivity contribution in [1.29, 1.82) is 0 Å². The Hall–Kier alpha value is -1.88. The van der Waals surface area contributed by atoms with Crippen LogP contribution in [-0.4, -0.2) is 23.6 Å². The van der Waals surface area contributed by atoms with Crippen LogP contribution in [0.1, 0.15) is 25.0 Å². The number of aliphatic hydroxyl groups is 1. The zero-order valence-electron chi connectivity index (χ0n) is 10.1. The molecular formula is C13H15NO4. The van der Waals surface area contributed by atoms with Crippen LogP contribution in [-0.2, 0) is 14.3 Å². The molecule has 2 N–H and O–H groups in total. The third-order valence-corrected chi connectivity index (χ3v) is 2.93. The first-order valence-electron chi connectivity index (χ1n) is 5.87. The Kier molecular flexibility index (Phi) is 3.62. The lowest BCUT2D eigenvalue weighted by atomic mass is 9.93. The van der Waals surface area contributed by atoms with E-state index in [1.807, 2.05) is 0 Å². The van der Waals surface area contributed by atoms with Gasteiger partial charge in [0.2, 0.25) is 5.91 Å². The van der Waals surface area contributed by atoms with Crippen molar-refractivity contribution < 1.29 is 19.4 Å². The van der Waals surface area contributed by atoms with Crippen molar-refractivity contribution in [1.82, 2.24) is 0 Å². The molecule has 1 aromatic rings. The van der Waals surface area contributed by atoms with E-state index >= 15 is 0 Å². The smallest absolute Gasteiger partial charge is 0.312 e. The highest BCUT2D eigenvalue weighted by atomic mass is 16.5. The minimum absolute atomic E-state index is 0.0747. The van der Waals surface area contributed by atoms with Crippen molar-refractivity contribution in [2.45, 2.75) is 19.4 Å². The summed E-state index contributed by atoms with van der Waals surface area (Å²) in [5, 5.41) is 12.9. The SMILES string of the molecule is CCOC(=O)C1CC(=O)Nc2ccccc2C1O. The Morgan fingerprint density at radius 3 is 2.94 bits per heavy atom. The van der Waals surface area contributed by atoms with Crippen LogP contribution in [0.15, 0.2) is 24.3 Å². The van der Waals surface area contributed by atoms with Crippen LogP contribution in [0.5, 0.6) is 0 Å². The molecule has 2 unspecified atom stereocenters. The number of ether oxygens (including phenoxy) is 1. The van der Waals surface area contributed by atoms with Crippen LogP contribution in [0.2, 0.25) is 0 Å². The molecule has 5 nitrogen and oxygen atoms in total. The summed E-state index contributed by atoms with van der Waals surface area (Å²) in [6, 6.07) is 6.90. The number of nitrogens with one attached hydrogen (secondary N) is 1. The first kappa shape index (κ1) is 12.6. The van der Waals surface area contributed by atoms with Crippen molar-refractivity contribution in [3.8, 4) is 0 Å². The van der Waals surface area contributed by atoms with Crippen molar-refractivity contribution in [2.75, 3.05) is 11.9 Å². The second-order valence-corrected chi connectivity index (χ2v) is 4.14. The third-order valence-electron chi connectivity index (χ3n) is 2.93. The van der Waals surface area contributed by atoms with Crippen molar-refractivity contribution in [2.24, 2.45) is 5.92 Å². The minimum atomic E-state index is -1.03. The molecule has 0 aliphatic carbocycles. The number of para-hydroxylation sites is 1. The molecule has 0 saturated heterocycles. The second-order valence-electron chi connectivity index (χ2n) is 4.14. The van der Waals surface area contributed by atoms with Gasteiger partial charge < -0.3 is 15.2 Å². The van der Waals surface area contributed by atoms with E-state index in [0.29, 0.717) is 11.3 Å². The maximum atomic E-state index is 11.8. The fourth-order valence-corrected chi connectivity index (χ4v) is 2.06. The Morgan fingerprint density at radius 2 is 2.22 bits per heavy atom. The normalized spacial score (nSPS) is 22.7. The number of benzene rings is 1. The molecule has 1 aliphatic heterocycles. The van der Waals surface area contributed by atoms with E-state index in [2.05, 4.69) is 5.32 Å². The number of carbonyl (C=O) groups is 2. The highest BCUT2D eigenvalue weighted by Crippen LogP contribution is 2.34. The van der Waals surface area contributed by atoms with Gasteiger partial charge in [-0.25, -0.2) is 0 Å². The Balaban J connectivity index is 2.35. The number of rotatable bonds is 2. The molecule has 1 amide bonds. The zero-order chi connectivity index (χ0) is 13.1. The summed E-state index contributed by atoms with van der Waals surface area (Å²) < 4.78 is 4.89. The van der Waals surface area contributed by atoms with E-state index in [0.717, 1.165) is 0 Å². The Labute approximate surface area is 105 Å². The molecule has 1 aromatic carbocycles. The van der Waals surface area contributed by atoms with Gasteiger partial charge in [0.05, 0.1) is 18.6 Å². The van der Waals surface area contributed by atoms with E-state index in [1.165, 1.54) is 0 Å². The molecule has 18 heavy (non-hydrogen) atoms. The molecule has 2 atom stereocenters. The molecule has 5 heteroatoms. The number of hydrogen-bond donors (Lipinski definition) is 2. The number of hydrogen-bond acceptors (Lipinski definition) is 4. The molecule has 0 spiro atoms. The van der Waals surface area contributed by atoms with Crippen molar-refractivity contribution in [3.63, 3.8) is 0 Å². The fraction of sp³-hybridized carbons (Fsp3) is 0.385. The molecular weight excluding hydrogens is 234 g/mol. The second kappa shape index (κ2) is 5.18. The summed E-state index contributed by atoms with van der Waals surface area (Å²) in [5.41, 5.74) is 1.09. The highest BCUT2D eigenvalue weighted by molar-refractivity contribution is 5.95. The Bertz CT molecular complexity index is 472. The molecule has 1 aliphatic rings. The van der Waals surface area contributed by atoms with Gasteiger partial charge in [0.15, 0.2) is 0 Å². The number of fused-ring (bicyclic) bond motifs is 1. The van der Waals surface area contributed by atoms with Gasteiger partial charge in [-0.2, -0.15) is 0 Å².